The quantitative estimate of drug-likeness (QED) is 0.462. The zero-order valence-electron chi connectivity index (χ0n) is 13.5. The highest BCUT2D eigenvalue weighted by atomic mass is 16.5. The number of nitrogens with zero attached hydrogens (tertiary/aromatic N) is 1. The molecule has 0 aromatic rings. The van der Waals surface area contributed by atoms with Gasteiger partial charge in [-0.15, -0.1) is 4.99 Å². The number of ether oxygens (including phenoxy) is 3. The lowest BCUT2D eigenvalue weighted by Crippen LogP contribution is -2.31. The van der Waals surface area contributed by atoms with Gasteiger partial charge >= 0.3 is 12.0 Å². The first kappa shape index (κ1) is 18.3. The minimum atomic E-state index is -0.205. The molecule has 0 atom stereocenters. The van der Waals surface area contributed by atoms with Gasteiger partial charge in [0.15, 0.2) is 5.88 Å². The average Bonchev–Trinajstić information content (AvgIpc) is 2.24. The Kier molecular flexibility index (Phi) is 8.43. The van der Waals surface area contributed by atoms with Crippen LogP contribution in [0.15, 0.2) is 17.0 Å². The summed E-state index contributed by atoms with van der Waals surface area (Å²) in [6.07, 6.45) is 1.61. The number of aliphatic imine (C=N–C) groups is 1. The highest BCUT2D eigenvalue weighted by Gasteiger charge is 2.10. The smallest absolute Gasteiger partial charge is 0.313 e. The molecule has 0 radical (unpaired) electrons. The van der Waals surface area contributed by atoms with E-state index in [0.29, 0.717) is 5.88 Å². The number of hydrogen-bond donors (Lipinski definition) is 2. The monoisotopic (exact) mass is 285 g/mol. The molecule has 0 aromatic carbocycles. The summed E-state index contributed by atoms with van der Waals surface area (Å²) in [6, 6.07) is -0.0254. The fourth-order valence-corrected chi connectivity index (χ4v) is 1.18. The van der Waals surface area contributed by atoms with Crippen molar-refractivity contribution < 1.29 is 14.2 Å². The van der Waals surface area contributed by atoms with Gasteiger partial charge in [0.2, 0.25) is 0 Å². The van der Waals surface area contributed by atoms with Gasteiger partial charge < -0.3 is 14.2 Å². The van der Waals surface area contributed by atoms with Crippen LogP contribution >= 0.6 is 0 Å². The van der Waals surface area contributed by atoms with Crippen LogP contribution in [0.2, 0.25) is 0 Å². The van der Waals surface area contributed by atoms with E-state index >= 15 is 0 Å². The Balaban J connectivity index is 4.87. The van der Waals surface area contributed by atoms with Crippen LogP contribution in [0.25, 0.3) is 0 Å². The number of hydrogen-bond acceptors (Lipinski definition) is 4. The van der Waals surface area contributed by atoms with E-state index in [1.165, 1.54) is 0 Å². The van der Waals surface area contributed by atoms with Gasteiger partial charge in [0.05, 0.1) is 18.3 Å². The molecule has 0 aliphatic carbocycles. The van der Waals surface area contributed by atoms with E-state index in [0.717, 1.165) is 0 Å². The summed E-state index contributed by atoms with van der Waals surface area (Å²) < 4.78 is 16.2. The third kappa shape index (κ3) is 9.24. The molecule has 0 bridgehead atoms. The van der Waals surface area contributed by atoms with Crippen LogP contribution in [0.5, 0.6) is 0 Å². The van der Waals surface area contributed by atoms with Crippen molar-refractivity contribution in [2.45, 2.75) is 66.8 Å². The van der Waals surface area contributed by atoms with E-state index < -0.39 is 0 Å². The van der Waals surface area contributed by atoms with Crippen molar-refractivity contribution in [2.75, 3.05) is 0 Å². The average molecular weight is 285 g/mol. The van der Waals surface area contributed by atoms with Crippen molar-refractivity contribution in [3.8, 4) is 0 Å². The lowest BCUT2D eigenvalue weighted by molar-refractivity contribution is 0.129. The summed E-state index contributed by atoms with van der Waals surface area (Å²) in [5.74, 6) is 0.525. The molecular formula is C14H27N3O3. The van der Waals surface area contributed by atoms with Gasteiger partial charge in [0.1, 0.15) is 0 Å². The summed E-state index contributed by atoms with van der Waals surface area (Å²) in [5.41, 5.74) is 0. The highest BCUT2D eigenvalue weighted by molar-refractivity contribution is 5.88. The van der Waals surface area contributed by atoms with Crippen LogP contribution in [0.4, 0.5) is 0 Å². The van der Waals surface area contributed by atoms with Crippen LogP contribution < -0.4 is 5.32 Å². The molecule has 0 aliphatic rings. The van der Waals surface area contributed by atoms with Crippen molar-refractivity contribution in [1.82, 2.24) is 5.32 Å². The Labute approximate surface area is 121 Å². The standard InChI is InChI=1S/C14H27N3O3/c1-8-12(18-9(2)3)16-14(20-11(6)7)17-13(15)19-10(4)5/h8-11H,1-7H3,(H2,15,16,17)/b12-8+. The molecule has 0 amide bonds. The predicted molar refractivity (Wildman–Crippen MR) is 80.7 cm³/mol. The fraction of sp³-hybridized carbons (Fsp3) is 0.714. The first-order valence-corrected chi connectivity index (χ1v) is 6.85. The van der Waals surface area contributed by atoms with Crippen molar-refractivity contribution in [1.29, 1.82) is 5.41 Å². The summed E-state index contributed by atoms with van der Waals surface area (Å²) in [6.45, 7) is 13.1. The van der Waals surface area contributed by atoms with E-state index in [4.69, 9.17) is 19.6 Å². The molecule has 0 fully saturated rings. The minimum Gasteiger partial charge on any atom is -0.476 e. The number of rotatable bonds is 5. The molecule has 0 aromatic heterocycles. The van der Waals surface area contributed by atoms with E-state index in [1.54, 1.807) is 6.08 Å². The van der Waals surface area contributed by atoms with Gasteiger partial charge in [-0.2, -0.15) is 0 Å². The van der Waals surface area contributed by atoms with Crippen molar-refractivity contribution in [3.63, 3.8) is 0 Å². The molecule has 6 nitrogen and oxygen atoms in total. The molecular weight excluding hydrogens is 258 g/mol. The molecule has 116 valence electrons. The maximum absolute atomic E-state index is 7.65. The lowest BCUT2D eigenvalue weighted by Gasteiger charge is -2.18. The maximum Gasteiger partial charge on any atom is 0.313 e. The fourth-order valence-electron chi connectivity index (χ4n) is 1.18. The molecule has 0 aliphatic heterocycles. The molecule has 0 spiro atoms. The number of allylic oxidation sites excluding steroid dienone is 1. The van der Waals surface area contributed by atoms with Gasteiger partial charge in [0, 0.05) is 0 Å². The molecule has 6 heteroatoms. The summed E-state index contributed by atoms with van der Waals surface area (Å²) in [7, 11) is 0. The van der Waals surface area contributed by atoms with Crippen LogP contribution in [-0.4, -0.2) is 30.4 Å². The minimum absolute atomic E-state index is 0.0281. The van der Waals surface area contributed by atoms with Crippen LogP contribution in [-0.2, 0) is 14.2 Å². The van der Waals surface area contributed by atoms with E-state index in [2.05, 4.69) is 10.3 Å². The lowest BCUT2D eigenvalue weighted by atomic mass is 10.5. The number of nitrogens with one attached hydrogen (secondary N) is 2. The largest absolute Gasteiger partial charge is 0.476 e. The molecule has 0 saturated heterocycles. The van der Waals surface area contributed by atoms with Crippen LogP contribution in [0, 0.1) is 5.41 Å². The van der Waals surface area contributed by atoms with Gasteiger partial charge in [-0.3, -0.25) is 5.32 Å². The van der Waals surface area contributed by atoms with Gasteiger partial charge in [-0.25, -0.2) is 5.41 Å². The molecule has 2 N–H and O–H groups in total. The Morgan fingerprint density at radius 2 is 1.45 bits per heavy atom. The van der Waals surface area contributed by atoms with E-state index in [1.807, 2.05) is 48.5 Å². The highest BCUT2D eigenvalue weighted by Crippen LogP contribution is 2.01. The van der Waals surface area contributed by atoms with E-state index in [9.17, 15) is 0 Å². The van der Waals surface area contributed by atoms with Gasteiger partial charge in [-0.05, 0) is 54.5 Å². The summed E-state index contributed by atoms with van der Waals surface area (Å²) in [4.78, 5) is 3.98. The first-order chi connectivity index (χ1) is 9.24. The zero-order chi connectivity index (χ0) is 15.7. The SMILES string of the molecule is C/C=C(\NC(=NC(=N)OC(C)C)OC(C)C)OC(C)C. The summed E-state index contributed by atoms with van der Waals surface area (Å²) >= 11 is 0. The number of amidine groups is 2. The second-order valence-electron chi connectivity index (χ2n) is 5.00. The van der Waals surface area contributed by atoms with E-state index in [-0.39, 0.29) is 30.4 Å². The zero-order valence-corrected chi connectivity index (χ0v) is 13.5. The van der Waals surface area contributed by atoms with Crippen LogP contribution in [0.1, 0.15) is 48.5 Å². The molecule has 0 unspecified atom stereocenters. The van der Waals surface area contributed by atoms with Crippen molar-refractivity contribution >= 4 is 12.0 Å². The predicted octanol–water partition coefficient (Wildman–Crippen LogP) is 3.00. The Morgan fingerprint density at radius 1 is 0.950 bits per heavy atom. The third-order valence-corrected chi connectivity index (χ3v) is 1.75. The van der Waals surface area contributed by atoms with Crippen molar-refractivity contribution in [2.24, 2.45) is 4.99 Å². The second kappa shape index (κ2) is 9.23. The molecule has 20 heavy (non-hydrogen) atoms. The summed E-state index contributed by atoms with van der Waals surface area (Å²) in [5, 5.41) is 10.6. The van der Waals surface area contributed by atoms with Crippen molar-refractivity contribution in [3.05, 3.63) is 12.0 Å². The van der Waals surface area contributed by atoms with Gasteiger partial charge in [-0.1, -0.05) is 0 Å². The molecule has 0 saturated carbocycles. The second-order valence-corrected chi connectivity index (χ2v) is 5.00. The first-order valence-electron chi connectivity index (χ1n) is 6.85. The third-order valence-electron chi connectivity index (χ3n) is 1.75. The molecule has 0 heterocycles. The Morgan fingerprint density at radius 3 is 1.85 bits per heavy atom. The topological polar surface area (TPSA) is 75.9 Å². The Bertz CT molecular complexity index is 361. The normalized spacial score (nSPS) is 12.9. The molecule has 0 rings (SSSR count). The van der Waals surface area contributed by atoms with Crippen LogP contribution in [0.3, 0.4) is 0 Å². The Hall–Kier alpha value is -1.72. The maximum atomic E-state index is 7.65. The van der Waals surface area contributed by atoms with Gasteiger partial charge in [0.25, 0.3) is 0 Å².